The Morgan fingerprint density at radius 3 is 1.62 bits per heavy atom. The lowest BCUT2D eigenvalue weighted by atomic mass is 10.3. The molecular weight excluding hydrogens is 332 g/mol. The first-order valence-electron chi connectivity index (χ1n) is 4.50. The van der Waals surface area contributed by atoms with Crippen LogP contribution in [-0.2, 0) is 0 Å². The number of halogens is 2. The fourth-order valence-corrected chi connectivity index (χ4v) is 1.78. The first-order chi connectivity index (χ1) is 7.77. The van der Waals surface area contributed by atoms with E-state index in [1.165, 1.54) is 0 Å². The van der Waals surface area contributed by atoms with E-state index in [2.05, 4.69) is 53.7 Å². The molecule has 0 saturated carbocycles. The third kappa shape index (κ3) is 2.69. The summed E-state index contributed by atoms with van der Waals surface area (Å²) < 4.78 is 1.77. The maximum absolute atomic E-state index is 4.16. The number of hydrogen-bond donors (Lipinski definition) is 0. The first-order valence-corrected chi connectivity index (χ1v) is 6.09. The molecule has 0 unspecified atom stereocenters. The molecule has 0 aliphatic heterocycles. The smallest absolute Gasteiger partial charge is 0.127 e. The van der Waals surface area contributed by atoms with Crippen LogP contribution in [0.3, 0.4) is 0 Å². The zero-order valence-corrected chi connectivity index (χ0v) is 11.3. The largest absolute Gasteiger partial charge is 0.247 e. The van der Waals surface area contributed by atoms with Crippen molar-refractivity contribution in [3.05, 3.63) is 57.0 Å². The van der Waals surface area contributed by atoms with E-state index < -0.39 is 0 Å². The Morgan fingerprint density at radius 2 is 1.25 bits per heavy atom. The number of aromatic nitrogens is 2. The van der Waals surface area contributed by atoms with Crippen LogP contribution in [0.15, 0.2) is 45.6 Å². The summed E-state index contributed by atoms with van der Waals surface area (Å²) in [5.74, 6) is 5.94. The summed E-state index contributed by atoms with van der Waals surface area (Å²) in [5, 5.41) is 0. The van der Waals surface area contributed by atoms with Crippen LogP contribution < -0.4 is 0 Å². The first kappa shape index (κ1) is 11.3. The number of pyridine rings is 2. The van der Waals surface area contributed by atoms with Crippen molar-refractivity contribution in [2.24, 2.45) is 0 Å². The van der Waals surface area contributed by atoms with Crippen LogP contribution in [0, 0.1) is 11.8 Å². The Bertz CT molecular complexity index is 521. The molecule has 0 aliphatic rings. The summed E-state index contributed by atoms with van der Waals surface area (Å²) in [7, 11) is 0. The van der Waals surface area contributed by atoms with Crippen molar-refractivity contribution in [1.29, 1.82) is 0 Å². The molecule has 2 aromatic rings. The molecule has 2 heterocycles. The van der Waals surface area contributed by atoms with E-state index >= 15 is 0 Å². The average molecular weight is 338 g/mol. The van der Waals surface area contributed by atoms with Crippen LogP contribution in [-0.4, -0.2) is 9.97 Å². The minimum atomic E-state index is 0.708. The fourth-order valence-electron chi connectivity index (χ4n) is 1.07. The second-order valence-corrected chi connectivity index (χ2v) is 4.63. The van der Waals surface area contributed by atoms with Gasteiger partial charge in [0.1, 0.15) is 11.4 Å². The van der Waals surface area contributed by atoms with Crippen molar-refractivity contribution in [2.75, 3.05) is 0 Å². The van der Waals surface area contributed by atoms with Crippen LogP contribution in [0.1, 0.15) is 11.4 Å². The van der Waals surface area contributed by atoms with Gasteiger partial charge >= 0.3 is 0 Å². The van der Waals surface area contributed by atoms with Gasteiger partial charge < -0.3 is 0 Å². The lowest BCUT2D eigenvalue weighted by Crippen LogP contribution is -1.85. The highest BCUT2D eigenvalue weighted by Gasteiger charge is 1.97. The van der Waals surface area contributed by atoms with Crippen molar-refractivity contribution >= 4 is 31.9 Å². The van der Waals surface area contributed by atoms with Crippen molar-refractivity contribution in [1.82, 2.24) is 9.97 Å². The van der Waals surface area contributed by atoms with Gasteiger partial charge in [-0.1, -0.05) is 0 Å². The summed E-state index contributed by atoms with van der Waals surface area (Å²) in [4.78, 5) is 8.32. The lowest BCUT2D eigenvalue weighted by molar-refractivity contribution is 1.25. The van der Waals surface area contributed by atoms with E-state index in [9.17, 15) is 0 Å². The summed E-state index contributed by atoms with van der Waals surface area (Å²) in [5.41, 5.74) is 1.42. The highest BCUT2D eigenvalue weighted by Crippen LogP contribution is 2.14. The monoisotopic (exact) mass is 336 g/mol. The topological polar surface area (TPSA) is 25.8 Å². The maximum atomic E-state index is 4.16. The number of nitrogens with zero attached hydrogens (tertiary/aromatic N) is 2. The average Bonchev–Trinajstić information content (AvgIpc) is 2.30. The van der Waals surface area contributed by atoms with Gasteiger partial charge in [-0.2, -0.15) is 0 Å². The van der Waals surface area contributed by atoms with Crippen LogP contribution in [0.2, 0.25) is 0 Å². The van der Waals surface area contributed by atoms with Gasteiger partial charge in [0, 0.05) is 12.4 Å². The van der Waals surface area contributed by atoms with E-state index in [-0.39, 0.29) is 0 Å². The molecule has 0 N–H and O–H groups in total. The summed E-state index contributed by atoms with van der Waals surface area (Å²) in [6.45, 7) is 0. The molecule has 0 saturated heterocycles. The number of rotatable bonds is 0. The normalized spacial score (nSPS) is 9.38. The van der Waals surface area contributed by atoms with Gasteiger partial charge in [-0.25, -0.2) is 9.97 Å². The lowest BCUT2D eigenvalue weighted by Gasteiger charge is -1.94. The van der Waals surface area contributed by atoms with E-state index in [0.29, 0.717) is 11.4 Å². The highest BCUT2D eigenvalue weighted by molar-refractivity contribution is 9.10. The molecule has 0 amide bonds. The molecule has 0 aliphatic carbocycles. The molecule has 78 valence electrons. The summed E-state index contributed by atoms with van der Waals surface area (Å²) >= 11 is 6.78. The second kappa shape index (κ2) is 5.24. The zero-order valence-electron chi connectivity index (χ0n) is 8.11. The molecule has 4 heteroatoms. The Hall–Kier alpha value is -1.18. The Kier molecular flexibility index (Phi) is 3.70. The predicted octanol–water partition coefficient (Wildman–Crippen LogP) is 3.40. The van der Waals surface area contributed by atoms with Crippen molar-refractivity contribution in [2.45, 2.75) is 0 Å². The van der Waals surface area contributed by atoms with Gasteiger partial charge in [0.25, 0.3) is 0 Å². The van der Waals surface area contributed by atoms with Gasteiger partial charge in [-0.3, -0.25) is 0 Å². The van der Waals surface area contributed by atoms with Gasteiger partial charge in [-0.15, -0.1) is 0 Å². The molecule has 2 nitrogen and oxygen atoms in total. The molecular formula is C12H6Br2N2. The third-order valence-corrected chi connectivity index (χ3v) is 3.10. The van der Waals surface area contributed by atoms with Crippen LogP contribution in [0.5, 0.6) is 0 Å². The molecule has 2 rings (SSSR count). The Balaban J connectivity index is 2.36. The van der Waals surface area contributed by atoms with Crippen LogP contribution >= 0.6 is 31.9 Å². The van der Waals surface area contributed by atoms with E-state index in [1.54, 1.807) is 12.4 Å². The Morgan fingerprint density at radius 1 is 0.812 bits per heavy atom. The molecule has 0 spiro atoms. The van der Waals surface area contributed by atoms with Gasteiger partial charge in [0.15, 0.2) is 0 Å². The van der Waals surface area contributed by atoms with Crippen molar-refractivity contribution in [3.8, 4) is 11.8 Å². The number of hydrogen-bond acceptors (Lipinski definition) is 2. The van der Waals surface area contributed by atoms with Crippen molar-refractivity contribution in [3.63, 3.8) is 0 Å². The molecule has 0 bridgehead atoms. The SMILES string of the molecule is Brc1cccnc1C#Cc1ncccc1Br. The van der Waals surface area contributed by atoms with E-state index in [1.807, 2.05) is 24.3 Å². The minimum Gasteiger partial charge on any atom is -0.247 e. The maximum Gasteiger partial charge on any atom is 0.127 e. The highest BCUT2D eigenvalue weighted by atomic mass is 79.9. The minimum absolute atomic E-state index is 0.708. The molecule has 16 heavy (non-hydrogen) atoms. The molecule has 0 aromatic carbocycles. The quantitative estimate of drug-likeness (QED) is 0.688. The van der Waals surface area contributed by atoms with Gasteiger partial charge in [0.2, 0.25) is 0 Å². The predicted molar refractivity (Wildman–Crippen MR) is 69.9 cm³/mol. The third-order valence-electron chi connectivity index (χ3n) is 1.82. The van der Waals surface area contributed by atoms with Gasteiger partial charge in [-0.05, 0) is 68.0 Å². The van der Waals surface area contributed by atoms with E-state index in [4.69, 9.17) is 0 Å². The molecule has 0 fully saturated rings. The summed E-state index contributed by atoms with van der Waals surface area (Å²) in [6.07, 6.45) is 3.42. The van der Waals surface area contributed by atoms with E-state index in [0.717, 1.165) is 8.95 Å². The molecule has 0 atom stereocenters. The van der Waals surface area contributed by atoms with Crippen LogP contribution in [0.4, 0.5) is 0 Å². The van der Waals surface area contributed by atoms with Crippen molar-refractivity contribution < 1.29 is 0 Å². The summed E-state index contributed by atoms with van der Waals surface area (Å²) in [6, 6.07) is 7.52. The second-order valence-electron chi connectivity index (χ2n) is 2.92. The molecule has 2 aromatic heterocycles. The van der Waals surface area contributed by atoms with Crippen LogP contribution in [0.25, 0.3) is 0 Å². The fraction of sp³-hybridized carbons (Fsp3) is 0. The van der Waals surface area contributed by atoms with Gasteiger partial charge in [0.05, 0.1) is 8.95 Å². The standard InChI is InChI=1S/C12H6Br2N2/c13-9-3-1-7-15-11(9)5-6-12-10(14)4-2-8-16-12/h1-4,7-8H. The molecule has 0 radical (unpaired) electrons. The zero-order chi connectivity index (χ0) is 11.4. The Labute approximate surface area is 110 Å².